The molecule has 0 bridgehead atoms. The highest BCUT2D eigenvalue weighted by molar-refractivity contribution is 7.15. The van der Waals surface area contributed by atoms with Crippen molar-refractivity contribution in [1.29, 1.82) is 0 Å². The Bertz CT molecular complexity index is 1040. The molecule has 0 saturated heterocycles. The van der Waals surface area contributed by atoms with E-state index in [0.29, 0.717) is 23.4 Å². The minimum atomic E-state index is -4.72. The third-order valence-corrected chi connectivity index (χ3v) is 5.69. The number of benzene rings is 1. The Morgan fingerprint density at radius 3 is 2.55 bits per heavy atom. The first-order chi connectivity index (χ1) is 13.7. The van der Waals surface area contributed by atoms with Gasteiger partial charge in [-0.25, -0.2) is 8.78 Å². The van der Waals surface area contributed by atoms with Crippen LogP contribution < -0.4 is 0 Å². The van der Waals surface area contributed by atoms with Gasteiger partial charge in [-0.1, -0.05) is 17.3 Å². The van der Waals surface area contributed by atoms with Gasteiger partial charge in [0.05, 0.1) is 4.88 Å². The maximum atomic E-state index is 12.7. The molecule has 2 aromatic heterocycles. The van der Waals surface area contributed by atoms with E-state index in [-0.39, 0.29) is 23.8 Å². The van der Waals surface area contributed by atoms with Crippen LogP contribution in [0.25, 0.3) is 10.7 Å². The van der Waals surface area contributed by atoms with Gasteiger partial charge in [-0.3, -0.25) is 4.79 Å². The van der Waals surface area contributed by atoms with Gasteiger partial charge in [0, 0.05) is 29.1 Å². The highest BCUT2D eigenvalue weighted by Gasteiger charge is 2.38. The van der Waals surface area contributed by atoms with Crippen molar-refractivity contribution < 1.29 is 31.3 Å². The fourth-order valence-corrected chi connectivity index (χ4v) is 4.10. The van der Waals surface area contributed by atoms with Crippen LogP contribution in [-0.4, -0.2) is 27.5 Å². The first kappa shape index (κ1) is 19.5. The molecule has 5 nitrogen and oxygen atoms in total. The van der Waals surface area contributed by atoms with Gasteiger partial charge in [0.2, 0.25) is 5.82 Å². The monoisotopic (exact) mass is 429 g/mol. The van der Waals surface area contributed by atoms with Gasteiger partial charge in [0.15, 0.2) is 0 Å². The second-order valence-corrected chi connectivity index (χ2v) is 7.52. The van der Waals surface area contributed by atoms with Crippen molar-refractivity contribution in [2.75, 3.05) is 6.54 Å². The molecule has 1 amide bonds. The first-order valence-corrected chi connectivity index (χ1v) is 9.24. The van der Waals surface area contributed by atoms with Crippen molar-refractivity contribution in [3.8, 4) is 10.7 Å². The van der Waals surface area contributed by atoms with Crippen LogP contribution in [0.2, 0.25) is 0 Å². The minimum Gasteiger partial charge on any atom is -0.334 e. The maximum Gasteiger partial charge on any atom is 0.471 e. The summed E-state index contributed by atoms with van der Waals surface area (Å²) in [7, 11) is 0. The van der Waals surface area contributed by atoms with E-state index in [9.17, 15) is 26.7 Å². The summed E-state index contributed by atoms with van der Waals surface area (Å²) in [5.41, 5.74) is 0.914. The fraction of sp³-hybridized carbons (Fsp3) is 0.278. The normalized spacial score (nSPS) is 14.3. The number of hydrogen-bond donors (Lipinski definition) is 0. The van der Waals surface area contributed by atoms with Crippen molar-refractivity contribution >= 4 is 17.2 Å². The summed E-state index contributed by atoms with van der Waals surface area (Å²) in [4.78, 5) is 19.0. The van der Waals surface area contributed by atoms with Gasteiger partial charge in [0.25, 0.3) is 12.3 Å². The summed E-state index contributed by atoms with van der Waals surface area (Å²) in [6.45, 7) is 0.660. The van der Waals surface area contributed by atoms with E-state index in [1.54, 1.807) is 11.0 Å². The number of aromatic nitrogens is 2. The zero-order chi connectivity index (χ0) is 20.8. The molecule has 0 spiro atoms. The zero-order valence-corrected chi connectivity index (χ0v) is 15.4. The molecule has 0 N–H and O–H groups in total. The molecule has 1 aliphatic heterocycles. The zero-order valence-electron chi connectivity index (χ0n) is 14.5. The number of thiophene rings is 1. The lowest BCUT2D eigenvalue weighted by atomic mass is 10.1. The van der Waals surface area contributed by atoms with Gasteiger partial charge in [0.1, 0.15) is 0 Å². The molecule has 0 unspecified atom stereocenters. The lowest BCUT2D eigenvalue weighted by Gasteiger charge is -2.27. The van der Waals surface area contributed by atoms with Crippen molar-refractivity contribution in [1.82, 2.24) is 15.0 Å². The van der Waals surface area contributed by atoms with Crippen LogP contribution in [0.5, 0.6) is 0 Å². The fourth-order valence-electron chi connectivity index (χ4n) is 3.01. The number of alkyl halides is 5. The highest BCUT2D eigenvalue weighted by Crippen LogP contribution is 2.36. The molecule has 11 heteroatoms. The molecule has 29 heavy (non-hydrogen) atoms. The van der Waals surface area contributed by atoms with E-state index in [2.05, 4.69) is 14.7 Å². The average Bonchev–Trinajstić information content (AvgIpc) is 3.33. The summed E-state index contributed by atoms with van der Waals surface area (Å²) in [6, 6.07) is 6.78. The van der Waals surface area contributed by atoms with E-state index in [1.807, 2.05) is 0 Å². The standard InChI is InChI=1S/C18H12F5N3O2S/c19-14(20)9-1-3-10(4-2-9)16(27)26-6-5-12-11(8-26)7-13(29-12)15-24-17(28-25-15)18(21,22)23/h1-4,7,14H,5-6,8H2. The number of halogens is 5. The first-order valence-electron chi connectivity index (χ1n) is 8.42. The van der Waals surface area contributed by atoms with Crippen LogP contribution in [0, 0.1) is 0 Å². The predicted molar refractivity (Wildman–Crippen MR) is 92.5 cm³/mol. The van der Waals surface area contributed by atoms with Crippen LogP contribution in [0.4, 0.5) is 22.0 Å². The van der Waals surface area contributed by atoms with E-state index in [4.69, 9.17) is 0 Å². The van der Waals surface area contributed by atoms with Gasteiger partial charge >= 0.3 is 12.1 Å². The number of carbonyl (C=O) groups excluding carboxylic acids is 1. The van der Waals surface area contributed by atoms with Crippen LogP contribution in [0.3, 0.4) is 0 Å². The Balaban J connectivity index is 1.51. The molecule has 3 aromatic rings. The summed E-state index contributed by atoms with van der Waals surface area (Å²) in [5, 5.41) is 3.38. The molecule has 0 aliphatic carbocycles. The number of hydrogen-bond acceptors (Lipinski definition) is 5. The number of carbonyl (C=O) groups is 1. The molecule has 0 radical (unpaired) electrons. The molecule has 152 valence electrons. The van der Waals surface area contributed by atoms with Crippen LogP contribution in [-0.2, 0) is 19.1 Å². The second-order valence-electron chi connectivity index (χ2n) is 6.38. The van der Waals surface area contributed by atoms with Gasteiger partial charge in [-0.05, 0) is 30.2 Å². The Morgan fingerprint density at radius 1 is 1.21 bits per heavy atom. The topological polar surface area (TPSA) is 59.2 Å². The van der Waals surface area contributed by atoms with Crippen molar-refractivity contribution in [2.24, 2.45) is 0 Å². The average molecular weight is 429 g/mol. The van der Waals surface area contributed by atoms with Crippen molar-refractivity contribution in [3.63, 3.8) is 0 Å². The summed E-state index contributed by atoms with van der Waals surface area (Å²) >= 11 is 1.25. The third-order valence-electron chi connectivity index (χ3n) is 4.45. The van der Waals surface area contributed by atoms with Crippen LogP contribution >= 0.6 is 11.3 Å². The van der Waals surface area contributed by atoms with Crippen molar-refractivity contribution in [2.45, 2.75) is 25.6 Å². The van der Waals surface area contributed by atoms with Crippen molar-refractivity contribution in [3.05, 3.63) is 57.8 Å². The van der Waals surface area contributed by atoms with Gasteiger partial charge in [-0.2, -0.15) is 18.2 Å². The summed E-state index contributed by atoms with van der Waals surface area (Å²) in [6.07, 6.45) is -6.81. The van der Waals surface area contributed by atoms with E-state index in [1.165, 1.54) is 35.6 Å². The van der Waals surface area contributed by atoms with Gasteiger partial charge < -0.3 is 9.42 Å². The summed E-state index contributed by atoms with van der Waals surface area (Å²) in [5.74, 6) is -1.87. The molecular formula is C18H12F5N3O2S. The Hall–Kier alpha value is -2.82. The Morgan fingerprint density at radius 2 is 1.93 bits per heavy atom. The quantitative estimate of drug-likeness (QED) is 0.553. The lowest BCUT2D eigenvalue weighted by molar-refractivity contribution is -0.159. The molecule has 3 heterocycles. The molecule has 1 aromatic carbocycles. The highest BCUT2D eigenvalue weighted by atomic mass is 32.1. The lowest BCUT2D eigenvalue weighted by Crippen LogP contribution is -2.35. The Kier molecular flexibility index (Phi) is 4.85. The van der Waals surface area contributed by atoms with E-state index in [0.717, 1.165) is 10.4 Å². The number of amides is 1. The second kappa shape index (κ2) is 7.21. The Labute approximate surface area is 164 Å². The van der Waals surface area contributed by atoms with Crippen LogP contribution in [0.15, 0.2) is 34.9 Å². The SMILES string of the molecule is O=C(c1ccc(C(F)F)cc1)N1CCc2sc(-c3noc(C(F)(F)F)n3)cc2C1. The molecule has 0 saturated carbocycles. The largest absolute Gasteiger partial charge is 0.471 e. The number of fused-ring (bicyclic) bond motifs is 1. The maximum absolute atomic E-state index is 12.7. The summed E-state index contributed by atoms with van der Waals surface area (Å²) < 4.78 is 67.5. The smallest absolute Gasteiger partial charge is 0.334 e. The predicted octanol–water partition coefficient (Wildman–Crippen LogP) is 4.95. The molecule has 0 fully saturated rings. The van der Waals surface area contributed by atoms with E-state index < -0.39 is 18.5 Å². The molecule has 4 rings (SSSR count). The van der Waals surface area contributed by atoms with Crippen LogP contribution in [0.1, 0.15) is 38.7 Å². The van der Waals surface area contributed by atoms with E-state index >= 15 is 0 Å². The molecule has 1 aliphatic rings. The third kappa shape index (κ3) is 3.86. The molecular weight excluding hydrogens is 417 g/mol. The number of nitrogens with zero attached hydrogens (tertiary/aromatic N) is 3. The van der Waals surface area contributed by atoms with Gasteiger partial charge in [-0.15, -0.1) is 11.3 Å². The number of rotatable bonds is 3. The minimum absolute atomic E-state index is 0.155. The molecule has 0 atom stereocenters.